The number of amides is 4. The third-order valence-electron chi connectivity index (χ3n) is 10.3. The van der Waals surface area contributed by atoms with Gasteiger partial charge in [-0.15, -0.1) is 0 Å². The minimum Gasteiger partial charge on any atom is -0.394 e. The molecular formula is C41H52N8O6. The molecule has 55 heavy (non-hydrogen) atoms. The zero-order valence-corrected chi connectivity index (χ0v) is 31.9. The number of aromatic nitrogens is 3. The van der Waals surface area contributed by atoms with Crippen molar-refractivity contribution in [2.45, 2.75) is 103 Å². The van der Waals surface area contributed by atoms with Crippen LogP contribution in [-0.2, 0) is 38.6 Å². The summed E-state index contributed by atoms with van der Waals surface area (Å²) in [5.74, 6) is 0.801. The number of hydrogen-bond donors (Lipinski definition) is 5. The van der Waals surface area contributed by atoms with Crippen LogP contribution in [0.25, 0.3) is 5.65 Å². The van der Waals surface area contributed by atoms with E-state index < -0.39 is 11.9 Å². The Balaban J connectivity index is 0.892. The monoisotopic (exact) mass is 752 g/mol. The van der Waals surface area contributed by atoms with Gasteiger partial charge < -0.3 is 30.7 Å². The summed E-state index contributed by atoms with van der Waals surface area (Å²) in [5, 5.41) is 26.4. The van der Waals surface area contributed by atoms with E-state index in [0.29, 0.717) is 56.9 Å². The molecule has 4 heterocycles. The van der Waals surface area contributed by atoms with Crippen molar-refractivity contribution in [3.05, 3.63) is 82.5 Å². The van der Waals surface area contributed by atoms with Gasteiger partial charge in [0.1, 0.15) is 17.7 Å². The molecule has 2 atom stereocenters. The molecule has 2 aromatic carbocycles. The van der Waals surface area contributed by atoms with Crippen molar-refractivity contribution in [1.82, 2.24) is 24.8 Å². The van der Waals surface area contributed by atoms with Crippen molar-refractivity contribution < 1.29 is 29.0 Å². The Morgan fingerprint density at radius 1 is 1.07 bits per heavy atom. The van der Waals surface area contributed by atoms with E-state index in [1.165, 1.54) is 0 Å². The summed E-state index contributed by atoms with van der Waals surface area (Å²) < 4.78 is 7.66. The van der Waals surface area contributed by atoms with Crippen LogP contribution in [0.1, 0.15) is 104 Å². The number of piperidine rings is 1. The summed E-state index contributed by atoms with van der Waals surface area (Å²) in [6, 6.07) is 14.6. The lowest BCUT2D eigenvalue weighted by molar-refractivity contribution is -0.137. The van der Waals surface area contributed by atoms with Crippen LogP contribution in [0.4, 0.5) is 17.3 Å². The van der Waals surface area contributed by atoms with Crippen molar-refractivity contribution in [2.24, 2.45) is 0 Å². The highest BCUT2D eigenvalue weighted by Crippen LogP contribution is 2.30. The van der Waals surface area contributed by atoms with Crippen LogP contribution in [-0.4, -0.2) is 80.1 Å². The van der Waals surface area contributed by atoms with Gasteiger partial charge in [0, 0.05) is 62.0 Å². The van der Waals surface area contributed by atoms with Crippen molar-refractivity contribution >= 4 is 46.6 Å². The molecule has 0 aliphatic carbocycles. The Bertz CT molecular complexity index is 1990. The Hall–Kier alpha value is -5.34. The normalized spacial score (nSPS) is 16.1. The maximum Gasteiger partial charge on any atom is 0.255 e. The Labute approximate surface area is 321 Å². The first-order valence-electron chi connectivity index (χ1n) is 19.4. The molecule has 0 radical (unpaired) electrons. The number of hydrogen-bond acceptors (Lipinski definition) is 10. The summed E-state index contributed by atoms with van der Waals surface area (Å²) in [4.78, 5) is 56.0. The van der Waals surface area contributed by atoms with E-state index in [-0.39, 0.29) is 42.7 Å². The summed E-state index contributed by atoms with van der Waals surface area (Å²) in [6.45, 7) is 8.28. The third-order valence-corrected chi connectivity index (χ3v) is 10.3. The summed E-state index contributed by atoms with van der Waals surface area (Å²) in [6.07, 6.45) is 6.59. The van der Waals surface area contributed by atoms with E-state index >= 15 is 0 Å². The maximum atomic E-state index is 13.1. The number of aliphatic hydroxyl groups excluding tert-OH is 1. The predicted molar refractivity (Wildman–Crippen MR) is 210 cm³/mol. The third kappa shape index (κ3) is 9.67. The molecule has 14 nitrogen and oxygen atoms in total. The molecule has 5 N–H and O–H groups in total. The second kappa shape index (κ2) is 18.3. The second-order valence-corrected chi connectivity index (χ2v) is 14.6. The zero-order valence-electron chi connectivity index (χ0n) is 31.9. The van der Waals surface area contributed by atoms with Gasteiger partial charge in [-0.25, -0.2) is 4.98 Å². The minimum absolute atomic E-state index is 0.0160. The number of carbonyl (C=O) groups excluding carboxylic acids is 4. The number of anilines is 3. The molecule has 2 aliphatic heterocycles. The molecule has 2 aliphatic rings. The fourth-order valence-electron chi connectivity index (χ4n) is 7.04. The average molecular weight is 753 g/mol. The molecule has 0 saturated carbocycles. The van der Waals surface area contributed by atoms with Gasteiger partial charge in [-0.2, -0.15) is 9.61 Å². The molecule has 0 spiro atoms. The van der Waals surface area contributed by atoms with Gasteiger partial charge in [-0.05, 0) is 79.3 Å². The number of rotatable bonds is 19. The number of nitrogens with one attached hydrogen (secondary N) is 4. The van der Waals surface area contributed by atoms with Crippen LogP contribution in [0.3, 0.4) is 0 Å². The van der Waals surface area contributed by atoms with Crippen LogP contribution in [0, 0.1) is 0 Å². The molecule has 292 valence electrons. The Morgan fingerprint density at radius 3 is 2.62 bits per heavy atom. The number of aryl methyl sites for hydroxylation is 1. The van der Waals surface area contributed by atoms with Crippen molar-refractivity contribution in [1.29, 1.82) is 0 Å². The van der Waals surface area contributed by atoms with Crippen molar-refractivity contribution in [2.75, 3.05) is 35.8 Å². The van der Waals surface area contributed by atoms with E-state index in [2.05, 4.69) is 40.2 Å². The number of carbonyl (C=O) groups is 4. The van der Waals surface area contributed by atoms with E-state index in [1.807, 2.05) is 55.6 Å². The summed E-state index contributed by atoms with van der Waals surface area (Å²) in [5.41, 5.74) is 6.23. The predicted octanol–water partition coefficient (Wildman–Crippen LogP) is 5.17. The van der Waals surface area contributed by atoms with Crippen LogP contribution in [0.2, 0.25) is 0 Å². The molecule has 2 aromatic heterocycles. The van der Waals surface area contributed by atoms with Gasteiger partial charge in [-0.3, -0.25) is 24.5 Å². The standard InChI is InChI=1S/C41H52N8O6/c1-4-29(25-50)44-35-21-36(49-39(46-35)32(23-43-49)26(2)3)42-22-27-13-15-30(16-14-27)45-37(51)12-5-6-19-55-20-8-10-28-9-7-11-31-33(28)24-48(41(31)54)34-17-18-38(52)47-40(34)53/h7,9,11,13-16,21,23,26,29,34,42,50H,4-6,8,10,12,17-20,22,24-25H2,1-3H3,(H,44,46)(H,45,51)(H,47,52,53)/t29-,34?/m1/s1. The second-order valence-electron chi connectivity index (χ2n) is 14.6. The van der Waals surface area contributed by atoms with E-state index in [4.69, 9.17) is 9.72 Å². The summed E-state index contributed by atoms with van der Waals surface area (Å²) >= 11 is 0. The van der Waals surface area contributed by atoms with Crippen LogP contribution in [0.5, 0.6) is 0 Å². The number of aliphatic hydroxyl groups is 1. The molecule has 1 saturated heterocycles. The lowest BCUT2D eigenvalue weighted by Gasteiger charge is -2.29. The highest BCUT2D eigenvalue weighted by atomic mass is 16.5. The van der Waals surface area contributed by atoms with Gasteiger partial charge in [-0.1, -0.05) is 45.0 Å². The number of unbranched alkanes of at least 4 members (excludes halogenated alkanes) is 1. The average Bonchev–Trinajstić information content (AvgIpc) is 3.76. The van der Waals surface area contributed by atoms with E-state index in [9.17, 15) is 24.3 Å². The largest absolute Gasteiger partial charge is 0.394 e. The number of benzene rings is 2. The lowest BCUT2D eigenvalue weighted by Crippen LogP contribution is -2.52. The number of nitrogens with zero attached hydrogens (tertiary/aromatic N) is 4. The maximum absolute atomic E-state index is 13.1. The number of fused-ring (bicyclic) bond motifs is 2. The fraction of sp³-hybridized carbons (Fsp3) is 0.463. The molecule has 1 unspecified atom stereocenters. The number of imide groups is 1. The first-order chi connectivity index (χ1) is 26.6. The highest BCUT2D eigenvalue weighted by Gasteiger charge is 2.39. The first kappa shape index (κ1) is 39.4. The molecule has 1 fully saturated rings. The molecule has 0 bridgehead atoms. The Morgan fingerprint density at radius 2 is 1.87 bits per heavy atom. The van der Waals surface area contributed by atoms with Gasteiger partial charge in [0.15, 0.2) is 5.65 Å². The summed E-state index contributed by atoms with van der Waals surface area (Å²) in [7, 11) is 0. The lowest BCUT2D eigenvalue weighted by atomic mass is 10.00. The SMILES string of the molecule is CC[C@H](CO)Nc1cc(NCc2ccc(NC(=O)CCCCOCCCc3cccc4c3CN(C3CCC(=O)NC3=O)C4=O)cc2)n2ncc(C(C)C)c2n1. The fourth-order valence-corrected chi connectivity index (χ4v) is 7.04. The topological polar surface area (TPSA) is 179 Å². The Kier molecular flexibility index (Phi) is 13.1. The van der Waals surface area contributed by atoms with Crippen LogP contribution in [0.15, 0.2) is 54.7 Å². The van der Waals surface area contributed by atoms with Crippen molar-refractivity contribution in [3.63, 3.8) is 0 Å². The van der Waals surface area contributed by atoms with Gasteiger partial charge in [0.2, 0.25) is 17.7 Å². The molecular weight excluding hydrogens is 701 g/mol. The van der Waals surface area contributed by atoms with E-state index in [1.54, 1.807) is 15.5 Å². The van der Waals surface area contributed by atoms with Crippen molar-refractivity contribution in [3.8, 4) is 0 Å². The quantitative estimate of drug-likeness (QED) is 0.0634. The molecule has 4 aromatic rings. The van der Waals surface area contributed by atoms with E-state index in [0.717, 1.165) is 65.1 Å². The highest BCUT2D eigenvalue weighted by molar-refractivity contribution is 6.05. The van der Waals surface area contributed by atoms with Gasteiger partial charge >= 0.3 is 0 Å². The number of ether oxygens (including phenoxy) is 1. The van der Waals surface area contributed by atoms with Gasteiger partial charge in [0.05, 0.1) is 18.8 Å². The minimum atomic E-state index is -0.623. The first-order valence-corrected chi connectivity index (χ1v) is 19.4. The molecule has 4 amide bonds. The van der Waals surface area contributed by atoms with Crippen LogP contribution >= 0.6 is 0 Å². The van der Waals surface area contributed by atoms with Gasteiger partial charge in [0.25, 0.3) is 5.91 Å². The molecule has 6 rings (SSSR count). The molecule has 14 heteroatoms. The zero-order chi connectivity index (χ0) is 38.9. The van der Waals surface area contributed by atoms with Crippen LogP contribution < -0.4 is 21.3 Å². The smallest absolute Gasteiger partial charge is 0.255 e.